The van der Waals surface area contributed by atoms with E-state index in [2.05, 4.69) is 28.2 Å². The van der Waals surface area contributed by atoms with Crippen molar-refractivity contribution in [3.63, 3.8) is 0 Å². The van der Waals surface area contributed by atoms with Crippen molar-refractivity contribution in [3.8, 4) is 5.75 Å². The first-order valence-corrected chi connectivity index (χ1v) is 11.8. The van der Waals surface area contributed by atoms with E-state index in [-0.39, 0.29) is 17.4 Å². The first kappa shape index (κ1) is 21.8. The van der Waals surface area contributed by atoms with Crippen LogP contribution >= 0.6 is 15.9 Å². The number of hydrogen-bond donors (Lipinski definition) is 1. The summed E-state index contributed by atoms with van der Waals surface area (Å²) in [5, 5.41) is 2.72. The molecule has 1 amide bonds. The molecule has 0 aromatic heterocycles. The Bertz CT molecular complexity index is 969. The molecule has 6 nitrogen and oxygen atoms in total. The van der Waals surface area contributed by atoms with Crippen LogP contribution in [0.25, 0.3) is 0 Å². The van der Waals surface area contributed by atoms with E-state index in [4.69, 9.17) is 4.74 Å². The number of piperidine rings is 1. The molecule has 0 atom stereocenters. The van der Waals surface area contributed by atoms with E-state index in [0.29, 0.717) is 30.4 Å². The minimum Gasteiger partial charge on any atom is -0.483 e. The Morgan fingerprint density at radius 1 is 1.17 bits per heavy atom. The molecular weight excluding hydrogens is 456 g/mol. The van der Waals surface area contributed by atoms with Gasteiger partial charge in [-0.25, -0.2) is 8.42 Å². The number of rotatable bonds is 6. The van der Waals surface area contributed by atoms with Gasteiger partial charge >= 0.3 is 0 Å². The van der Waals surface area contributed by atoms with Gasteiger partial charge < -0.3 is 10.1 Å². The Kier molecular flexibility index (Phi) is 6.97. The molecule has 0 bridgehead atoms. The van der Waals surface area contributed by atoms with Crippen LogP contribution in [0, 0.1) is 12.8 Å². The largest absolute Gasteiger partial charge is 0.483 e. The molecule has 2 aromatic rings. The molecule has 1 aliphatic rings. The number of nitrogens with one attached hydrogen (secondary N) is 1. The second-order valence-corrected chi connectivity index (χ2v) is 10.2. The van der Waals surface area contributed by atoms with Crippen molar-refractivity contribution in [3.05, 3.63) is 52.5 Å². The summed E-state index contributed by atoms with van der Waals surface area (Å²) in [5.41, 5.74) is 1.61. The maximum Gasteiger partial charge on any atom is 0.262 e. The Morgan fingerprint density at radius 2 is 1.83 bits per heavy atom. The van der Waals surface area contributed by atoms with E-state index in [1.165, 1.54) is 16.4 Å². The lowest BCUT2D eigenvalue weighted by Gasteiger charge is -2.29. The third-order valence-electron chi connectivity index (χ3n) is 4.96. The topological polar surface area (TPSA) is 75.7 Å². The number of nitrogens with zero attached hydrogens (tertiary/aromatic N) is 1. The molecule has 2 aromatic carbocycles. The molecule has 1 saturated heterocycles. The summed E-state index contributed by atoms with van der Waals surface area (Å²) in [6, 6.07) is 11.9. The maximum absolute atomic E-state index is 12.8. The van der Waals surface area contributed by atoms with Crippen LogP contribution in [0.1, 0.15) is 25.3 Å². The minimum absolute atomic E-state index is 0.145. The molecule has 8 heteroatoms. The summed E-state index contributed by atoms with van der Waals surface area (Å²) in [7, 11) is -3.49. The van der Waals surface area contributed by atoms with Crippen LogP contribution in [0.5, 0.6) is 5.75 Å². The van der Waals surface area contributed by atoms with Crippen molar-refractivity contribution in [2.24, 2.45) is 5.92 Å². The van der Waals surface area contributed by atoms with Gasteiger partial charge in [-0.15, -0.1) is 0 Å². The summed E-state index contributed by atoms with van der Waals surface area (Å²) in [4.78, 5) is 12.4. The Labute approximate surface area is 180 Å². The predicted octanol–water partition coefficient (Wildman–Crippen LogP) is 4.20. The van der Waals surface area contributed by atoms with Crippen LogP contribution in [-0.4, -0.2) is 38.3 Å². The quantitative estimate of drug-likeness (QED) is 0.671. The fourth-order valence-electron chi connectivity index (χ4n) is 3.15. The van der Waals surface area contributed by atoms with Crippen molar-refractivity contribution in [1.82, 2.24) is 4.31 Å². The van der Waals surface area contributed by atoms with Crippen LogP contribution in [0.2, 0.25) is 0 Å². The predicted molar refractivity (Wildman–Crippen MR) is 117 cm³/mol. The summed E-state index contributed by atoms with van der Waals surface area (Å²) in [5.74, 6) is 0.822. The maximum atomic E-state index is 12.8. The summed E-state index contributed by atoms with van der Waals surface area (Å²) in [6.45, 7) is 5.06. The smallest absolute Gasteiger partial charge is 0.262 e. The first-order chi connectivity index (χ1) is 13.8. The summed E-state index contributed by atoms with van der Waals surface area (Å²) < 4.78 is 33.4. The number of halogens is 1. The van der Waals surface area contributed by atoms with Gasteiger partial charge in [-0.3, -0.25) is 4.79 Å². The summed E-state index contributed by atoms with van der Waals surface area (Å²) in [6.07, 6.45) is 1.76. The number of benzene rings is 2. The monoisotopic (exact) mass is 480 g/mol. The number of hydrogen-bond acceptors (Lipinski definition) is 4. The third kappa shape index (κ3) is 5.58. The summed E-state index contributed by atoms with van der Waals surface area (Å²) >= 11 is 3.41. The van der Waals surface area contributed by atoms with E-state index < -0.39 is 10.0 Å². The van der Waals surface area contributed by atoms with Crippen LogP contribution in [0.4, 0.5) is 5.69 Å². The zero-order chi connectivity index (χ0) is 21.0. The fraction of sp³-hybridized carbons (Fsp3) is 0.381. The van der Waals surface area contributed by atoms with Gasteiger partial charge in [-0.1, -0.05) is 13.0 Å². The highest BCUT2D eigenvalue weighted by atomic mass is 79.9. The highest BCUT2D eigenvalue weighted by Crippen LogP contribution is 2.26. The lowest BCUT2D eigenvalue weighted by Crippen LogP contribution is -2.37. The Morgan fingerprint density at radius 3 is 2.45 bits per heavy atom. The first-order valence-electron chi connectivity index (χ1n) is 9.55. The molecule has 156 valence electrons. The molecule has 1 aliphatic heterocycles. The van der Waals surface area contributed by atoms with E-state index in [9.17, 15) is 13.2 Å². The number of sulfonamides is 1. The van der Waals surface area contributed by atoms with Gasteiger partial charge in [0, 0.05) is 18.8 Å². The number of aryl methyl sites for hydroxylation is 1. The molecule has 0 spiro atoms. The van der Waals surface area contributed by atoms with Crippen LogP contribution in [0.3, 0.4) is 0 Å². The van der Waals surface area contributed by atoms with Gasteiger partial charge in [0.15, 0.2) is 6.61 Å². The lowest BCUT2D eigenvalue weighted by molar-refractivity contribution is -0.118. The molecule has 0 radical (unpaired) electrons. The highest BCUT2D eigenvalue weighted by molar-refractivity contribution is 9.10. The Hall–Kier alpha value is -1.90. The van der Waals surface area contributed by atoms with E-state index >= 15 is 0 Å². The van der Waals surface area contributed by atoms with Crippen LogP contribution in [0.15, 0.2) is 51.8 Å². The van der Waals surface area contributed by atoms with Crippen molar-refractivity contribution in [2.45, 2.75) is 31.6 Å². The van der Waals surface area contributed by atoms with Gasteiger partial charge in [0.25, 0.3) is 5.91 Å². The zero-order valence-corrected chi connectivity index (χ0v) is 18.9. The van der Waals surface area contributed by atoms with Crippen LogP contribution < -0.4 is 10.1 Å². The molecule has 29 heavy (non-hydrogen) atoms. The molecule has 1 N–H and O–H groups in total. The van der Waals surface area contributed by atoms with Crippen molar-refractivity contribution >= 4 is 37.5 Å². The average molecular weight is 481 g/mol. The van der Waals surface area contributed by atoms with Crippen molar-refractivity contribution in [2.75, 3.05) is 25.0 Å². The number of carbonyl (C=O) groups is 1. The highest BCUT2D eigenvalue weighted by Gasteiger charge is 2.27. The van der Waals surface area contributed by atoms with E-state index in [0.717, 1.165) is 22.9 Å². The van der Waals surface area contributed by atoms with Gasteiger partial charge in [-0.2, -0.15) is 4.31 Å². The number of ether oxygens (including phenoxy) is 1. The number of amides is 1. The minimum atomic E-state index is -3.49. The molecule has 0 saturated carbocycles. The molecule has 1 heterocycles. The van der Waals surface area contributed by atoms with Gasteiger partial charge in [0.2, 0.25) is 10.0 Å². The third-order valence-corrected chi connectivity index (χ3v) is 7.50. The van der Waals surface area contributed by atoms with E-state index in [1.54, 1.807) is 18.2 Å². The van der Waals surface area contributed by atoms with Gasteiger partial charge in [0.05, 0.1) is 9.37 Å². The zero-order valence-electron chi connectivity index (χ0n) is 16.5. The molecule has 0 aliphatic carbocycles. The molecule has 3 rings (SSSR count). The molecular formula is C21H25BrN2O4S. The SMILES string of the molecule is Cc1ccc(OCC(=O)Nc2ccc(S(=O)(=O)N3CCC(C)CC3)cc2)c(Br)c1. The van der Waals surface area contributed by atoms with Crippen molar-refractivity contribution < 1.29 is 17.9 Å². The van der Waals surface area contributed by atoms with Crippen LogP contribution in [-0.2, 0) is 14.8 Å². The fourth-order valence-corrected chi connectivity index (χ4v) is 5.23. The standard InChI is InChI=1S/C21H25BrN2O4S/c1-15-9-11-24(12-10-15)29(26,27)18-6-4-17(5-7-18)23-21(25)14-28-20-8-3-16(2)13-19(20)22/h3-8,13,15H,9-12,14H2,1-2H3,(H,23,25). The normalized spacial score (nSPS) is 15.8. The second kappa shape index (κ2) is 9.28. The Balaban J connectivity index is 1.57. The van der Waals surface area contributed by atoms with Gasteiger partial charge in [-0.05, 0) is 83.6 Å². The second-order valence-electron chi connectivity index (χ2n) is 7.38. The van der Waals surface area contributed by atoms with Crippen molar-refractivity contribution in [1.29, 1.82) is 0 Å². The number of anilines is 1. The number of carbonyl (C=O) groups excluding carboxylic acids is 1. The average Bonchev–Trinajstić information content (AvgIpc) is 2.68. The van der Waals surface area contributed by atoms with E-state index in [1.807, 2.05) is 19.1 Å². The molecule has 1 fully saturated rings. The lowest BCUT2D eigenvalue weighted by atomic mass is 10.0. The molecule has 0 unspecified atom stereocenters. The van der Waals surface area contributed by atoms with Gasteiger partial charge in [0.1, 0.15) is 5.75 Å².